The molecule has 1 saturated heterocycles. The molecular weight excluding hydrogens is 614 g/mol. The van der Waals surface area contributed by atoms with Crippen LogP contribution < -0.4 is 5.32 Å². The summed E-state index contributed by atoms with van der Waals surface area (Å²) in [6.45, 7) is 0.351. The molecular formula is C27H29ClF2N4O6S2. The molecule has 2 aliphatic heterocycles. The van der Waals surface area contributed by atoms with Gasteiger partial charge in [0.15, 0.2) is 22.5 Å². The van der Waals surface area contributed by atoms with Crippen molar-refractivity contribution in [3.8, 4) is 0 Å². The summed E-state index contributed by atoms with van der Waals surface area (Å²) in [5, 5.41) is 4.32. The van der Waals surface area contributed by atoms with Crippen molar-refractivity contribution in [1.82, 2.24) is 14.6 Å². The lowest BCUT2D eigenvalue weighted by Gasteiger charge is -2.35. The molecule has 226 valence electrons. The number of hydrogen-bond acceptors (Lipinski definition) is 10. The largest absolute Gasteiger partial charge is 0.469 e. The highest BCUT2D eigenvalue weighted by molar-refractivity contribution is 7.89. The number of sulfonamides is 1. The SMILES string of the molecule is COC(=O)C1=C(C2CCC(S(=O)(=O)N3CC[C@@H](C(=O)OC)C3)CC2)NC(c2nccs2)=NC1c1ccc(F)c(F)c1Cl. The molecule has 1 aromatic heterocycles. The first-order valence-electron chi connectivity index (χ1n) is 13.3. The van der Waals surface area contributed by atoms with Crippen molar-refractivity contribution in [3.05, 3.63) is 62.2 Å². The van der Waals surface area contributed by atoms with Gasteiger partial charge in [-0.05, 0) is 44.1 Å². The Hall–Kier alpha value is -2.94. The molecule has 2 atom stereocenters. The maximum absolute atomic E-state index is 14.6. The summed E-state index contributed by atoms with van der Waals surface area (Å²) in [5.41, 5.74) is 0.614. The van der Waals surface area contributed by atoms with Crippen molar-refractivity contribution < 1.29 is 36.3 Å². The number of aromatic nitrogens is 1. The third kappa shape index (κ3) is 5.69. The fourth-order valence-corrected chi connectivity index (χ4v) is 8.71. The van der Waals surface area contributed by atoms with E-state index in [0.717, 1.165) is 6.07 Å². The number of methoxy groups -OCH3 is 2. The van der Waals surface area contributed by atoms with Gasteiger partial charge in [0.05, 0.1) is 36.0 Å². The van der Waals surface area contributed by atoms with Gasteiger partial charge in [-0.3, -0.25) is 9.79 Å². The Morgan fingerprint density at radius 3 is 2.50 bits per heavy atom. The minimum atomic E-state index is -3.67. The van der Waals surface area contributed by atoms with Gasteiger partial charge in [-0.2, -0.15) is 0 Å². The first-order chi connectivity index (χ1) is 20.1. The molecule has 1 N–H and O–H groups in total. The lowest BCUT2D eigenvalue weighted by molar-refractivity contribution is -0.144. The van der Waals surface area contributed by atoms with E-state index in [1.807, 2.05) is 0 Å². The van der Waals surface area contributed by atoms with Gasteiger partial charge < -0.3 is 14.8 Å². The Bertz CT molecular complexity index is 1540. The smallest absolute Gasteiger partial charge is 0.338 e. The van der Waals surface area contributed by atoms with Crippen LogP contribution in [-0.2, 0) is 29.1 Å². The van der Waals surface area contributed by atoms with E-state index in [4.69, 9.17) is 21.1 Å². The number of ether oxygens (including phenoxy) is 2. The molecule has 1 aliphatic carbocycles. The number of nitrogens with one attached hydrogen (secondary N) is 1. The zero-order chi connectivity index (χ0) is 30.2. The quantitative estimate of drug-likeness (QED) is 0.355. The van der Waals surface area contributed by atoms with E-state index in [-0.39, 0.29) is 30.1 Å². The molecule has 1 unspecified atom stereocenters. The fourth-order valence-electron chi connectivity index (χ4n) is 5.83. The van der Waals surface area contributed by atoms with Crippen LogP contribution in [0, 0.1) is 23.5 Å². The summed E-state index contributed by atoms with van der Waals surface area (Å²) in [4.78, 5) is 34.1. The molecule has 3 heterocycles. The number of allylic oxidation sites excluding steroid dienone is 1. The maximum Gasteiger partial charge on any atom is 0.338 e. The van der Waals surface area contributed by atoms with Crippen LogP contribution in [0.4, 0.5) is 8.78 Å². The molecule has 0 spiro atoms. The molecule has 1 aromatic carbocycles. The number of benzene rings is 1. The highest BCUT2D eigenvalue weighted by Crippen LogP contribution is 2.43. The highest BCUT2D eigenvalue weighted by atomic mass is 35.5. The van der Waals surface area contributed by atoms with Crippen LogP contribution in [0.1, 0.15) is 48.7 Å². The summed E-state index contributed by atoms with van der Waals surface area (Å²) in [5.74, 6) is -4.01. The van der Waals surface area contributed by atoms with Crippen LogP contribution in [0.2, 0.25) is 5.02 Å². The average molecular weight is 643 g/mol. The number of esters is 2. The second-order valence-corrected chi connectivity index (χ2v) is 13.8. The molecule has 2 aromatic rings. The van der Waals surface area contributed by atoms with E-state index in [2.05, 4.69) is 15.3 Å². The predicted octanol–water partition coefficient (Wildman–Crippen LogP) is 3.98. The first-order valence-corrected chi connectivity index (χ1v) is 16.1. The van der Waals surface area contributed by atoms with E-state index < -0.39 is 55.8 Å². The van der Waals surface area contributed by atoms with Gasteiger partial charge in [0.1, 0.15) is 6.04 Å². The Morgan fingerprint density at radius 2 is 1.86 bits per heavy atom. The number of rotatable bonds is 7. The van der Waals surface area contributed by atoms with Crippen molar-refractivity contribution >= 4 is 50.7 Å². The molecule has 0 amide bonds. The van der Waals surface area contributed by atoms with Crippen LogP contribution in [0.5, 0.6) is 0 Å². The Labute approximate surface area is 250 Å². The number of hydrogen-bond donors (Lipinski definition) is 1. The molecule has 2 fully saturated rings. The van der Waals surface area contributed by atoms with Gasteiger partial charge in [0.2, 0.25) is 10.0 Å². The van der Waals surface area contributed by atoms with E-state index in [0.29, 0.717) is 48.6 Å². The van der Waals surface area contributed by atoms with E-state index in [1.165, 1.54) is 35.9 Å². The monoisotopic (exact) mass is 642 g/mol. The number of aliphatic imine (C=N–C) groups is 1. The van der Waals surface area contributed by atoms with Crippen molar-refractivity contribution in [3.63, 3.8) is 0 Å². The number of carbonyl (C=O) groups is 2. The van der Waals surface area contributed by atoms with Crippen LogP contribution in [0.25, 0.3) is 0 Å². The molecule has 0 bridgehead atoms. The van der Waals surface area contributed by atoms with Crippen molar-refractivity contribution in [1.29, 1.82) is 0 Å². The summed E-state index contributed by atoms with van der Waals surface area (Å²) in [6, 6.07) is 1.07. The zero-order valence-corrected chi connectivity index (χ0v) is 25.2. The van der Waals surface area contributed by atoms with Gasteiger partial charge >= 0.3 is 11.9 Å². The zero-order valence-electron chi connectivity index (χ0n) is 22.8. The minimum absolute atomic E-state index is 0.0782. The van der Waals surface area contributed by atoms with Crippen LogP contribution in [0.3, 0.4) is 0 Å². The third-order valence-corrected chi connectivity index (χ3v) is 11.6. The number of thiazole rings is 1. The normalized spacial score (nSPS) is 25.1. The number of carbonyl (C=O) groups excluding carboxylic acids is 2. The van der Waals surface area contributed by atoms with Crippen molar-refractivity contribution in [2.45, 2.75) is 43.4 Å². The number of halogens is 3. The molecule has 1 saturated carbocycles. The molecule has 3 aliphatic rings. The summed E-state index contributed by atoms with van der Waals surface area (Å²) >= 11 is 7.52. The Morgan fingerprint density at radius 1 is 1.12 bits per heavy atom. The topological polar surface area (TPSA) is 127 Å². The summed E-state index contributed by atoms with van der Waals surface area (Å²) < 4.78 is 66.6. The highest BCUT2D eigenvalue weighted by Gasteiger charge is 2.43. The number of amidine groups is 1. The molecule has 10 nitrogen and oxygen atoms in total. The molecule has 5 rings (SSSR count). The lowest BCUT2D eigenvalue weighted by Crippen LogP contribution is -2.42. The fraction of sp³-hybridized carbons (Fsp3) is 0.481. The molecule has 42 heavy (non-hydrogen) atoms. The maximum atomic E-state index is 14.6. The average Bonchev–Trinajstić information content (AvgIpc) is 3.72. The van der Waals surface area contributed by atoms with Gasteiger partial charge in [0.25, 0.3) is 0 Å². The van der Waals surface area contributed by atoms with Crippen LogP contribution >= 0.6 is 22.9 Å². The standard InChI is InChI=1S/C27H29ClF2N4O6S2/c1-39-26(35)15-9-11-34(13-15)42(37,38)16-5-3-14(4-6-16)22-19(27(36)40-2)23(17-7-8-18(29)21(30)20(17)28)33-24(32-22)25-31-10-12-41-25/h7-8,10,12,14-16,23H,3-6,9,11,13H2,1-2H3,(H,32,33)/t14?,15-,16?,23?/m1/s1. The van der Waals surface area contributed by atoms with Crippen LogP contribution in [-0.4, -0.2) is 68.0 Å². The summed E-state index contributed by atoms with van der Waals surface area (Å²) in [7, 11) is -1.18. The van der Waals surface area contributed by atoms with E-state index >= 15 is 0 Å². The second kappa shape index (κ2) is 12.3. The summed E-state index contributed by atoms with van der Waals surface area (Å²) in [6.07, 6.45) is 3.43. The van der Waals surface area contributed by atoms with Gasteiger partial charge in [-0.25, -0.2) is 31.3 Å². The lowest BCUT2D eigenvalue weighted by atomic mass is 9.82. The molecule has 15 heteroatoms. The van der Waals surface area contributed by atoms with Crippen molar-refractivity contribution in [2.24, 2.45) is 16.8 Å². The van der Waals surface area contributed by atoms with E-state index in [9.17, 15) is 26.8 Å². The minimum Gasteiger partial charge on any atom is -0.469 e. The van der Waals surface area contributed by atoms with Gasteiger partial charge in [0, 0.05) is 35.9 Å². The number of nitrogens with zero attached hydrogens (tertiary/aromatic N) is 3. The molecule has 0 radical (unpaired) electrons. The second-order valence-electron chi connectivity index (χ2n) is 10.3. The van der Waals surface area contributed by atoms with Crippen molar-refractivity contribution in [2.75, 3.05) is 27.3 Å². The van der Waals surface area contributed by atoms with Gasteiger partial charge in [-0.1, -0.05) is 17.7 Å². The van der Waals surface area contributed by atoms with E-state index in [1.54, 1.807) is 11.6 Å². The van der Waals surface area contributed by atoms with Crippen LogP contribution in [0.15, 0.2) is 40.0 Å². The van der Waals surface area contributed by atoms with Gasteiger partial charge in [-0.15, -0.1) is 11.3 Å². The Kier molecular flexibility index (Phi) is 8.97. The third-order valence-electron chi connectivity index (χ3n) is 8.02. The first kappa shape index (κ1) is 30.5. The predicted molar refractivity (Wildman–Crippen MR) is 151 cm³/mol. The Balaban J connectivity index is 1.46.